The number of nitrogens with zero attached hydrogens (tertiary/aromatic N) is 2. The monoisotopic (exact) mass is 417 g/mol. The molecule has 4 aromatic rings. The molecular formula is C25H24ClN3O. The van der Waals surface area contributed by atoms with Crippen molar-refractivity contribution < 1.29 is 0 Å². The highest BCUT2D eigenvalue weighted by atomic mass is 35.5. The van der Waals surface area contributed by atoms with Crippen molar-refractivity contribution in [2.24, 2.45) is 0 Å². The lowest BCUT2D eigenvalue weighted by Gasteiger charge is -2.19. The fourth-order valence-corrected chi connectivity index (χ4v) is 3.83. The van der Waals surface area contributed by atoms with Crippen LogP contribution in [0.25, 0.3) is 5.65 Å². The molecule has 4 nitrogen and oxygen atoms in total. The van der Waals surface area contributed by atoms with Crippen molar-refractivity contribution in [2.45, 2.75) is 31.8 Å². The number of fused-ring (bicyclic) bond motifs is 1. The van der Waals surface area contributed by atoms with Crippen molar-refractivity contribution in [3.63, 3.8) is 0 Å². The number of aryl methyl sites for hydroxylation is 1. The molecule has 0 amide bonds. The van der Waals surface area contributed by atoms with Crippen LogP contribution in [0.2, 0.25) is 5.02 Å². The smallest absolute Gasteiger partial charge is 0.258 e. The maximum atomic E-state index is 12.4. The topological polar surface area (TPSA) is 46.4 Å². The lowest BCUT2D eigenvalue weighted by atomic mass is 9.99. The van der Waals surface area contributed by atoms with Crippen molar-refractivity contribution in [2.75, 3.05) is 0 Å². The van der Waals surface area contributed by atoms with E-state index < -0.39 is 0 Å². The Balaban J connectivity index is 1.47. The number of pyridine rings is 1. The summed E-state index contributed by atoms with van der Waals surface area (Å²) in [5, 5.41) is 4.12. The lowest BCUT2D eigenvalue weighted by molar-refractivity contribution is 0.480. The fraction of sp³-hybridized carbons (Fsp3) is 0.200. The van der Waals surface area contributed by atoms with Crippen molar-refractivity contribution in [1.29, 1.82) is 0 Å². The number of hydrogen-bond acceptors (Lipinski definition) is 3. The normalized spacial score (nSPS) is 12.2. The third kappa shape index (κ3) is 5.15. The highest BCUT2D eigenvalue weighted by molar-refractivity contribution is 6.30. The Morgan fingerprint density at radius 2 is 1.70 bits per heavy atom. The van der Waals surface area contributed by atoms with Crippen LogP contribution < -0.4 is 10.9 Å². The molecule has 152 valence electrons. The fourth-order valence-electron chi connectivity index (χ4n) is 3.67. The first-order chi connectivity index (χ1) is 14.7. The molecule has 0 aliphatic carbocycles. The number of benzene rings is 2. The average molecular weight is 418 g/mol. The summed E-state index contributed by atoms with van der Waals surface area (Å²) in [4.78, 5) is 17.0. The van der Waals surface area contributed by atoms with Crippen LogP contribution in [-0.4, -0.2) is 9.38 Å². The third-order valence-corrected chi connectivity index (χ3v) is 5.43. The Morgan fingerprint density at radius 1 is 0.967 bits per heavy atom. The largest absolute Gasteiger partial charge is 0.304 e. The Labute approximate surface area is 181 Å². The maximum absolute atomic E-state index is 12.4. The first-order valence-corrected chi connectivity index (χ1v) is 10.6. The van der Waals surface area contributed by atoms with Gasteiger partial charge in [0.2, 0.25) is 0 Å². The number of hydrogen-bond donors (Lipinski definition) is 1. The average Bonchev–Trinajstić information content (AvgIpc) is 2.78. The minimum absolute atomic E-state index is 0.125. The molecule has 0 spiro atoms. The van der Waals surface area contributed by atoms with Gasteiger partial charge in [0.15, 0.2) is 0 Å². The molecule has 2 aromatic heterocycles. The predicted octanol–water partition coefficient (Wildman–Crippen LogP) is 5.20. The van der Waals surface area contributed by atoms with E-state index in [2.05, 4.69) is 58.8 Å². The zero-order valence-corrected chi connectivity index (χ0v) is 17.4. The Hall–Kier alpha value is -2.95. The van der Waals surface area contributed by atoms with Crippen molar-refractivity contribution in [3.8, 4) is 0 Å². The molecule has 2 aromatic carbocycles. The van der Waals surface area contributed by atoms with Gasteiger partial charge in [-0.05, 0) is 42.5 Å². The molecule has 0 aliphatic heterocycles. The van der Waals surface area contributed by atoms with E-state index in [4.69, 9.17) is 11.6 Å². The van der Waals surface area contributed by atoms with Gasteiger partial charge in [0.1, 0.15) is 5.65 Å². The summed E-state index contributed by atoms with van der Waals surface area (Å²) >= 11 is 5.99. The van der Waals surface area contributed by atoms with E-state index in [0.717, 1.165) is 25.0 Å². The Kier molecular flexibility index (Phi) is 6.57. The first kappa shape index (κ1) is 20.3. The van der Waals surface area contributed by atoms with Crippen molar-refractivity contribution in [1.82, 2.24) is 14.7 Å². The molecule has 2 heterocycles. The molecule has 1 atom stereocenters. The van der Waals surface area contributed by atoms with E-state index in [0.29, 0.717) is 17.2 Å². The van der Waals surface area contributed by atoms with Gasteiger partial charge in [0.25, 0.3) is 5.56 Å². The van der Waals surface area contributed by atoms with Gasteiger partial charge in [-0.25, -0.2) is 4.98 Å². The second kappa shape index (κ2) is 9.70. The second-order valence-electron chi connectivity index (χ2n) is 7.38. The second-order valence-corrected chi connectivity index (χ2v) is 7.82. The lowest BCUT2D eigenvalue weighted by Crippen LogP contribution is -2.24. The summed E-state index contributed by atoms with van der Waals surface area (Å²) in [6.45, 7) is 0.527. The molecule has 1 N–H and O–H groups in total. The van der Waals surface area contributed by atoms with Gasteiger partial charge in [0.05, 0.1) is 10.7 Å². The minimum Gasteiger partial charge on any atom is -0.304 e. The van der Waals surface area contributed by atoms with Crippen LogP contribution in [-0.2, 0) is 13.0 Å². The third-order valence-electron chi connectivity index (χ3n) is 5.21. The van der Waals surface area contributed by atoms with Crippen LogP contribution in [0, 0.1) is 0 Å². The minimum atomic E-state index is -0.125. The molecule has 0 bridgehead atoms. The summed E-state index contributed by atoms with van der Waals surface area (Å²) in [7, 11) is 0. The molecule has 0 saturated heterocycles. The molecule has 30 heavy (non-hydrogen) atoms. The van der Waals surface area contributed by atoms with Crippen LogP contribution in [0.5, 0.6) is 0 Å². The SMILES string of the molecule is O=c1cc(CN[C@@H](CCCc2ccccc2)c2ccccc2)nc2ccc(Cl)cn12. The van der Waals surface area contributed by atoms with Gasteiger partial charge in [-0.15, -0.1) is 0 Å². The maximum Gasteiger partial charge on any atom is 0.258 e. The summed E-state index contributed by atoms with van der Waals surface area (Å²) in [5.74, 6) is 0. The number of halogens is 1. The molecule has 5 heteroatoms. The van der Waals surface area contributed by atoms with Gasteiger partial charge in [0, 0.05) is 24.8 Å². The van der Waals surface area contributed by atoms with Crippen LogP contribution in [0.1, 0.15) is 35.7 Å². The van der Waals surface area contributed by atoms with Crippen LogP contribution in [0.4, 0.5) is 0 Å². The zero-order valence-electron chi connectivity index (χ0n) is 16.7. The van der Waals surface area contributed by atoms with E-state index in [-0.39, 0.29) is 11.6 Å². The van der Waals surface area contributed by atoms with E-state index in [1.54, 1.807) is 24.4 Å². The molecule has 4 rings (SSSR count). The van der Waals surface area contributed by atoms with Crippen molar-refractivity contribution in [3.05, 3.63) is 117 Å². The number of rotatable bonds is 8. The van der Waals surface area contributed by atoms with Gasteiger partial charge in [-0.2, -0.15) is 0 Å². The van der Waals surface area contributed by atoms with Crippen molar-refractivity contribution >= 4 is 17.2 Å². The van der Waals surface area contributed by atoms with Gasteiger partial charge in [-0.1, -0.05) is 72.3 Å². The van der Waals surface area contributed by atoms with E-state index in [1.807, 2.05) is 12.1 Å². The van der Waals surface area contributed by atoms with Gasteiger partial charge in [-0.3, -0.25) is 9.20 Å². The number of aromatic nitrogens is 2. The quantitative estimate of drug-likeness (QED) is 0.428. The van der Waals surface area contributed by atoms with E-state index in [1.165, 1.54) is 15.5 Å². The highest BCUT2D eigenvalue weighted by Gasteiger charge is 2.12. The van der Waals surface area contributed by atoms with E-state index in [9.17, 15) is 4.79 Å². The standard InChI is InChI=1S/C25H24ClN3O/c26-21-14-15-24-28-22(16-25(30)29(24)18-21)17-27-23(20-11-5-2-6-12-20)13-7-10-19-8-3-1-4-9-19/h1-6,8-9,11-12,14-16,18,23,27H,7,10,13,17H2/t23-/m0/s1. The predicted molar refractivity (Wildman–Crippen MR) is 122 cm³/mol. The summed E-state index contributed by atoms with van der Waals surface area (Å²) in [6.07, 6.45) is 4.71. The van der Waals surface area contributed by atoms with Crippen LogP contribution >= 0.6 is 11.6 Å². The van der Waals surface area contributed by atoms with Gasteiger partial charge >= 0.3 is 0 Å². The molecule has 0 fully saturated rings. The molecule has 0 radical (unpaired) electrons. The first-order valence-electron chi connectivity index (χ1n) is 10.2. The Bertz CT molecular complexity index is 1160. The molecule has 0 saturated carbocycles. The zero-order chi connectivity index (χ0) is 20.8. The summed E-state index contributed by atoms with van der Waals surface area (Å²) < 4.78 is 1.47. The van der Waals surface area contributed by atoms with Crippen LogP contribution in [0.3, 0.4) is 0 Å². The molecule has 0 aliphatic rings. The van der Waals surface area contributed by atoms with E-state index >= 15 is 0 Å². The summed E-state index contributed by atoms with van der Waals surface area (Å²) in [5.41, 5.74) is 3.80. The molecular weight excluding hydrogens is 394 g/mol. The highest BCUT2D eigenvalue weighted by Crippen LogP contribution is 2.20. The molecule has 0 unspecified atom stereocenters. The Morgan fingerprint density at radius 3 is 2.47 bits per heavy atom. The van der Waals surface area contributed by atoms with Gasteiger partial charge < -0.3 is 5.32 Å². The number of nitrogens with one attached hydrogen (secondary N) is 1. The summed E-state index contributed by atoms with van der Waals surface area (Å²) in [6, 6.07) is 26.3. The van der Waals surface area contributed by atoms with Crippen LogP contribution in [0.15, 0.2) is 89.9 Å².